The van der Waals surface area contributed by atoms with Crippen LogP contribution in [0.3, 0.4) is 0 Å². The zero-order chi connectivity index (χ0) is 17.2. The monoisotopic (exact) mass is 456 g/mol. The van der Waals surface area contributed by atoms with Crippen molar-refractivity contribution in [2.24, 2.45) is 4.99 Å². The molecular weight excluding hydrogens is 431 g/mol. The van der Waals surface area contributed by atoms with Crippen LogP contribution in [0.15, 0.2) is 52.1 Å². The smallest absolute Gasteiger partial charge is 0.251 e. The third-order valence-corrected chi connectivity index (χ3v) is 3.42. The molecule has 7 heteroatoms. The third kappa shape index (κ3) is 7.16. The van der Waals surface area contributed by atoms with Gasteiger partial charge in [0, 0.05) is 32.1 Å². The first kappa shape index (κ1) is 21.0. The summed E-state index contributed by atoms with van der Waals surface area (Å²) in [6.07, 6.45) is 2.47. The molecule has 0 fully saturated rings. The summed E-state index contributed by atoms with van der Waals surface area (Å²) in [7, 11) is 1.62. The van der Waals surface area contributed by atoms with E-state index >= 15 is 0 Å². The van der Waals surface area contributed by atoms with Crippen molar-refractivity contribution < 1.29 is 9.21 Å². The van der Waals surface area contributed by atoms with E-state index in [9.17, 15) is 4.79 Å². The van der Waals surface area contributed by atoms with Crippen molar-refractivity contribution in [3.8, 4) is 0 Å². The van der Waals surface area contributed by atoms with E-state index in [1.807, 2.05) is 37.3 Å². The molecule has 25 heavy (non-hydrogen) atoms. The van der Waals surface area contributed by atoms with Crippen LogP contribution in [0.2, 0.25) is 0 Å². The molecule has 0 aliphatic carbocycles. The lowest BCUT2D eigenvalue weighted by Gasteiger charge is -2.11. The van der Waals surface area contributed by atoms with Crippen molar-refractivity contribution in [1.82, 2.24) is 16.0 Å². The van der Waals surface area contributed by atoms with E-state index < -0.39 is 0 Å². The molecule has 3 N–H and O–H groups in total. The van der Waals surface area contributed by atoms with Gasteiger partial charge in [0.1, 0.15) is 5.76 Å². The van der Waals surface area contributed by atoms with Crippen LogP contribution in [0.5, 0.6) is 0 Å². The van der Waals surface area contributed by atoms with Gasteiger partial charge in [-0.05, 0) is 36.8 Å². The zero-order valence-electron chi connectivity index (χ0n) is 14.5. The molecule has 1 aromatic carbocycles. The second-order valence-corrected chi connectivity index (χ2v) is 5.23. The van der Waals surface area contributed by atoms with Crippen LogP contribution >= 0.6 is 24.0 Å². The summed E-state index contributed by atoms with van der Waals surface area (Å²) in [5.41, 5.74) is 1.63. The highest BCUT2D eigenvalue weighted by molar-refractivity contribution is 14.0. The van der Waals surface area contributed by atoms with Gasteiger partial charge in [-0.2, -0.15) is 0 Å². The van der Waals surface area contributed by atoms with Gasteiger partial charge in [-0.3, -0.25) is 4.79 Å². The van der Waals surface area contributed by atoms with Gasteiger partial charge >= 0.3 is 0 Å². The minimum Gasteiger partial charge on any atom is -0.469 e. The molecule has 0 aliphatic rings. The number of nitrogens with zero attached hydrogens (tertiary/aromatic N) is 1. The van der Waals surface area contributed by atoms with Crippen LogP contribution in [-0.2, 0) is 13.0 Å². The molecule has 1 heterocycles. The maximum Gasteiger partial charge on any atom is 0.251 e. The average Bonchev–Trinajstić information content (AvgIpc) is 3.12. The molecule has 0 unspecified atom stereocenters. The summed E-state index contributed by atoms with van der Waals surface area (Å²) in [4.78, 5) is 16.2. The molecule has 1 amide bonds. The fourth-order valence-electron chi connectivity index (χ4n) is 2.23. The summed E-state index contributed by atoms with van der Waals surface area (Å²) in [6, 6.07) is 11.3. The molecule has 0 bridgehead atoms. The largest absolute Gasteiger partial charge is 0.469 e. The van der Waals surface area contributed by atoms with E-state index in [2.05, 4.69) is 20.9 Å². The molecule has 2 rings (SSSR count). The van der Waals surface area contributed by atoms with Crippen molar-refractivity contribution in [2.75, 3.05) is 20.1 Å². The number of benzene rings is 1. The molecule has 136 valence electrons. The topological polar surface area (TPSA) is 78.7 Å². The molecule has 0 spiro atoms. The Labute approximate surface area is 165 Å². The first-order chi connectivity index (χ1) is 11.7. The summed E-state index contributed by atoms with van der Waals surface area (Å²) in [6.45, 7) is 4.04. The van der Waals surface area contributed by atoms with Crippen LogP contribution in [0.1, 0.15) is 28.6 Å². The molecule has 0 atom stereocenters. The van der Waals surface area contributed by atoms with Crippen molar-refractivity contribution in [1.29, 1.82) is 0 Å². The van der Waals surface area contributed by atoms with Crippen LogP contribution in [0.25, 0.3) is 0 Å². The number of furan rings is 1. The zero-order valence-corrected chi connectivity index (χ0v) is 16.9. The highest BCUT2D eigenvalue weighted by Gasteiger charge is 2.04. The van der Waals surface area contributed by atoms with Crippen molar-refractivity contribution >= 4 is 35.8 Å². The standard InChI is InChI=1S/C18H24N4O2.HI/c1-3-20-18(21-10-9-16-8-5-11-24-16)22-13-14-6-4-7-15(12-14)17(23)19-2;/h4-8,11-12H,3,9-10,13H2,1-2H3,(H,19,23)(H2,20,21,22);1H. The van der Waals surface area contributed by atoms with Gasteiger partial charge in [0.2, 0.25) is 0 Å². The van der Waals surface area contributed by atoms with Gasteiger partial charge in [-0.15, -0.1) is 24.0 Å². The van der Waals surface area contributed by atoms with Gasteiger partial charge in [-0.1, -0.05) is 12.1 Å². The molecule has 0 radical (unpaired) electrons. The Kier molecular flexibility index (Phi) is 9.68. The normalized spacial score (nSPS) is 10.7. The van der Waals surface area contributed by atoms with E-state index in [0.29, 0.717) is 12.1 Å². The summed E-state index contributed by atoms with van der Waals surface area (Å²) >= 11 is 0. The van der Waals surface area contributed by atoms with Gasteiger partial charge < -0.3 is 20.4 Å². The maximum absolute atomic E-state index is 11.7. The number of carbonyl (C=O) groups is 1. The van der Waals surface area contributed by atoms with Crippen molar-refractivity contribution in [3.63, 3.8) is 0 Å². The van der Waals surface area contributed by atoms with Crippen LogP contribution in [0, 0.1) is 0 Å². The van der Waals surface area contributed by atoms with E-state index in [1.165, 1.54) is 0 Å². The minimum atomic E-state index is -0.0932. The molecular formula is C18H25IN4O2. The Bertz CT molecular complexity index is 671. The lowest BCUT2D eigenvalue weighted by molar-refractivity contribution is 0.0963. The van der Waals surface area contributed by atoms with Crippen LogP contribution in [-0.4, -0.2) is 32.0 Å². The predicted molar refractivity (Wildman–Crippen MR) is 110 cm³/mol. The number of hydrogen-bond acceptors (Lipinski definition) is 3. The Morgan fingerprint density at radius 3 is 2.72 bits per heavy atom. The molecule has 0 saturated heterocycles. The molecule has 0 aliphatic heterocycles. The number of hydrogen-bond donors (Lipinski definition) is 3. The Morgan fingerprint density at radius 1 is 1.20 bits per heavy atom. The first-order valence-corrected chi connectivity index (χ1v) is 8.08. The van der Waals surface area contributed by atoms with Gasteiger partial charge in [0.05, 0.1) is 12.8 Å². The molecule has 0 saturated carbocycles. The van der Waals surface area contributed by atoms with Crippen molar-refractivity contribution in [2.45, 2.75) is 19.9 Å². The third-order valence-electron chi connectivity index (χ3n) is 3.42. The number of guanidine groups is 1. The van der Waals surface area contributed by atoms with E-state index in [1.54, 1.807) is 19.4 Å². The number of amides is 1. The Hall–Kier alpha value is -2.03. The van der Waals surface area contributed by atoms with Crippen LogP contribution in [0.4, 0.5) is 0 Å². The quantitative estimate of drug-likeness (QED) is 0.340. The Balaban J connectivity index is 0.00000312. The lowest BCUT2D eigenvalue weighted by atomic mass is 10.1. The number of carbonyl (C=O) groups excluding carboxylic acids is 1. The fourth-order valence-corrected chi connectivity index (χ4v) is 2.23. The van der Waals surface area contributed by atoms with Gasteiger partial charge in [0.25, 0.3) is 5.91 Å². The van der Waals surface area contributed by atoms with E-state index in [-0.39, 0.29) is 29.9 Å². The summed E-state index contributed by atoms with van der Waals surface area (Å²) in [5.74, 6) is 1.59. The Morgan fingerprint density at radius 2 is 2.04 bits per heavy atom. The number of aliphatic imine (C=N–C) groups is 1. The van der Waals surface area contributed by atoms with Gasteiger partial charge in [0.15, 0.2) is 5.96 Å². The lowest BCUT2D eigenvalue weighted by Crippen LogP contribution is -2.38. The average molecular weight is 456 g/mol. The van der Waals surface area contributed by atoms with Gasteiger partial charge in [-0.25, -0.2) is 4.99 Å². The molecule has 2 aromatic rings. The maximum atomic E-state index is 11.7. The summed E-state index contributed by atoms with van der Waals surface area (Å²) in [5, 5.41) is 9.11. The number of halogens is 1. The molecule has 1 aromatic heterocycles. The first-order valence-electron chi connectivity index (χ1n) is 8.08. The van der Waals surface area contributed by atoms with Crippen LogP contribution < -0.4 is 16.0 Å². The minimum absolute atomic E-state index is 0. The van der Waals surface area contributed by atoms with E-state index in [0.717, 1.165) is 36.8 Å². The summed E-state index contributed by atoms with van der Waals surface area (Å²) < 4.78 is 5.31. The second-order valence-electron chi connectivity index (χ2n) is 5.23. The SMILES string of the molecule is CCNC(=NCc1cccc(C(=O)NC)c1)NCCc1ccco1.I. The number of nitrogens with one attached hydrogen (secondary N) is 3. The highest BCUT2D eigenvalue weighted by atomic mass is 127. The number of rotatable bonds is 7. The highest BCUT2D eigenvalue weighted by Crippen LogP contribution is 2.06. The van der Waals surface area contributed by atoms with E-state index in [4.69, 9.17) is 4.42 Å². The second kappa shape index (κ2) is 11.5. The van der Waals surface area contributed by atoms with Crippen molar-refractivity contribution in [3.05, 3.63) is 59.5 Å². The fraction of sp³-hybridized carbons (Fsp3) is 0.333. The molecule has 6 nitrogen and oxygen atoms in total. The predicted octanol–water partition coefficient (Wildman–Crippen LogP) is 2.56.